The minimum atomic E-state index is 0.905. The molecule has 1 heteroatoms. The van der Waals surface area contributed by atoms with Gasteiger partial charge in [0.25, 0.3) is 0 Å². The zero-order chi connectivity index (χ0) is 30.9. The van der Waals surface area contributed by atoms with Crippen molar-refractivity contribution in [2.24, 2.45) is 0 Å². The van der Waals surface area contributed by atoms with Crippen LogP contribution < -0.4 is 0 Å². The van der Waals surface area contributed by atoms with Crippen molar-refractivity contribution < 1.29 is 4.42 Å². The lowest BCUT2D eigenvalue weighted by atomic mass is 9.86. The summed E-state index contributed by atoms with van der Waals surface area (Å²) in [5.41, 5.74) is 9.04. The molecule has 0 fully saturated rings. The van der Waals surface area contributed by atoms with Crippen molar-refractivity contribution >= 4 is 65.0 Å². The quantitative estimate of drug-likeness (QED) is 0.146. The fraction of sp³-hybridized carbons (Fsp3) is 0. The van der Waals surface area contributed by atoms with Crippen LogP contribution in [-0.2, 0) is 0 Å². The number of benzene rings is 9. The van der Waals surface area contributed by atoms with Gasteiger partial charge in [0.2, 0.25) is 0 Å². The third-order valence-electron chi connectivity index (χ3n) is 9.80. The van der Waals surface area contributed by atoms with Crippen molar-refractivity contribution in [3.8, 4) is 33.4 Å². The molecule has 0 aliphatic carbocycles. The SMILES string of the molecule is c1ccc(-c2cc(-c3c4ccccc4cc4c3ccc3ccccc34)cc(-c3cccc4oc5c6ccccc6ccc5c34)c2)cc1. The van der Waals surface area contributed by atoms with Crippen molar-refractivity contribution in [2.45, 2.75) is 0 Å². The van der Waals surface area contributed by atoms with E-state index in [4.69, 9.17) is 4.42 Å². The summed E-state index contributed by atoms with van der Waals surface area (Å²) in [6, 6.07) is 61.7. The second-order valence-electron chi connectivity index (χ2n) is 12.5. The first-order chi connectivity index (χ1) is 23.3. The molecule has 10 rings (SSSR count). The summed E-state index contributed by atoms with van der Waals surface area (Å²) in [5, 5.41) is 12.2. The fourth-order valence-electron chi connectivity index (χ4n) is 7.65. The van der Waals surface area contributed by atoms with E-state index in [9.17, 15) is 0 Å². The number of furan rings is 1. The Balaban J connectivity index is 1.32. The Bertz CT molecular complexity index is 2840. The van der Waals surface area contributed by atoms with Gasteiger partial charge in [-0.2, -0.15) is 0 Å². The van der Waals surface area contributed by atoms with Crippen LogP contribution >= 0.6 is 0 Å². The van der Waals surface area contributed by atoms with Gasteiger partial charge in [0.1, 0.15) is 11.2 Å². The van der Waals surface area contributed by atoms with Crippen LogP contribution in [0.25, 0.3) is 98.4 Å². The van der Waals surface area contributed by atoms with E-state index in [1.165, 1.54) is 71.1 Å². The van der Waals surface area contributed by atoms with Gasteiger partial charge < -0.3 is 4.42 Å². The van der Waals surface area contributed by atoms with Gasteiger partial charge >= 0.3 is 0 Å². The molecule has 0 aliphatic heterocycles. The maximum atomic E-state index is 6.61. The predicted octanol–water partition coefficient (Wildman–Crippen LogP) is 13.2. The van der Waals surface area contributed by atoms with Gasteiger partial charge in [0, 0.05) is 16.2 Å². The van der Waals surface area contributed by atoms with Crippen molar-refractivity contribution in [3.05, 3.63) is 170 Å². The summed E-state index contributed by atoms with van der Waals surface area (Å²) in [4.78, 5) is 0. The highest BCUT2D eigenvalue weighted by Crippen LogP contribution is 2.44. The van der Waals surface area contributed by atoms with Crippen LogP contribution in [0.5, 0.6) is 0 Å². The van der Waals surface area contributed by atoms with E-state index < -0.39 is 0 Å². The Labute approximate surface area is 271 Å². The molecule has 0 amide bonds. The topological polar surface area (TPSA) is 13.1 Å². The van der Waals surface area contributed by atoms with Crippen molar-refractivity contribution in [2.75, 3.05) is 0 Å². The van der Waals surface area contributed by atoms with Crippen LogP contribution in [0.4, 0.5) is 0 Å². The summed E-state index contributed by atoms with van der Waals surface area (Å²) in [6.45, 7) is 0. The molecule has 0 saturated carbocycles. The van der Waals surface area contributed by atoms with Gasteiger partial charge in [-0.1, -0.05) is 133 Å². The van der Waals surface area contributed by atoms with Crippen molar-refractivity contribution in [1.29, 1.82) is 0 Å². The van der Waals surface area contributed by atoms with Gasteiger partial charge in [-0.3, -0.25) is 0 Å². The lowest BCUT2D eigenvalue weighted by molar-refractivity contribution is 0.673. The minimum Gasteiger partial charge on any atom is -0.455 e. The van der Waals surface area contributed by atoms with Crippen LogP contribution in [-0.4, -0.2) is 0 Å². The average Bonchev–Trinajstić information content (AvgIpc) is 3.54. The highest BCUT2D eigenvalue weighted by atomic mass is 16.3. The largest absolute Gasteiger partial charge is 0.455 e. The minimum absolute atomic E-state index is 0.905. The fourth-order valence-corrected chi connectivity index (χ4v) is 7.65. The van der Waals surface area contributed by atoms with Crippen LogP contribution in [0.1, 0.15) is 0 Å². The molecule has 0 saturated heterocycles. The smallest absolute Gasteiger partial charge is 0.143 e. The molecule has 0 spiro atoms. The third kappa shape index (κ3) is 4.03. The number of hydrogen-bond donors (Lipinski definition) is 0. The highest BCUT2D eigenvalue weighted by molar-refractivity contribution is 6.22. The molecule has 0 aliphatic rings. The standard InChI is InChI=1S/C46H28O/c1-2-11-29(12-3-1)33-25-34(38-19-10-20-43-45(38)41-24-22-31-14-5-9-18-39(31)46(41)47-43)27-35(26-33)44-37-17-8-6-15-32(37)28-42-36-16-7-4-13-30(36)21-23-40(42)44/h1-28H. The van der Waals surface area contributed by atoms with Crippen molar-refractivity contribution in [1.82, 2.24) is 0 Å². The molecular formula is C46H28O. The Hall–Kier alpha value is -6.18. The van der Waals surface area contributed by atoms with E-state index in [-0.39, 0.29) is 0 Å². The maximum absolute atomic E-state index is 6.61. The predicted molar refractivity (Wildman–Crippen MR) is 200 cm³/mol. The molecule has 1 heterocycles. The Morgan fingerprint density at radius 1 is 0.319 bits per heavy atom. The van der Waals surface area contributed by atoms with E-state index in [0.717, 1.165) is 27.3 Å². The summed E-state index contributed by atoms with van der Waals surface area (Å²) in [5.74, 6) is 0. The summed E-state index contributed by atoms with van der Waals surface area (Å²) in [6.07, 6.45) is 0. The second kappa shape index (κ2) is 10.2. The lowest BCUT2D eigenvalue weighted by Gasteiger charge is -2.17. The summed E-state index contributed by atoms with van der Waals surface area (Å²) in [7, 11) is 0. The van der Waals surface area contributed by atoms with E-state index in [1.807, 2.05) is 0 Å². The van der Waals surface area contributed by atoms with Gasteiger partial charge in [-0.05, 0) is 107 Å². The molecular weight excluding hydrogens is 569 g/mol. The van der Waals surface area contributed by atoms with Gasteiger partial charge in [0.05, 0.1) is 0 Å². The molecule has 10 aromatic rings. The molecule has 0 atom stereocenters. The Kier molecular flexibility index (Phi) is 5.64. The van der Waals surface area contributed by atoms with Crippen LogP contribution in [0.3, 0.4) is 0 Å². The third-order valence-corrected chi connectivity index (χ3v) is 9.80. The summed E-state index contributed by atoms with van der Waals surface area (Å²) < 4.78 is 6.61. The first kappa shape index (κ1) is 26.1. The zero-order valence-electron chi connectivity index (χ0n) is 25.6. The normalized spacial score (nSPS) is 11.8. The Morgan fingerprint density at radius 2 is 0.957 bits per heavy atom. The number of hydrogen-bond acceptors (Lipinski definition) is 1. The first-order valence-corrected chi connectivity index (χ1v) is 16.2. The van der Waals surface area contributed by atoms with Crippen LogP contribution in [0, 0.1) is 0 Å². The number of rotatable bonds is 3. The average molecular weight is 597 g/mol. The molecule has 0 bridgehead atoms. The highest BCUT2D eigenvalue weighted by Gasteiger charge is 2.18. The van der Waals surface area contributed by atoms with Gasteiger partial charge in [-0.15, -0.1) is 0 Å². The molecule has 0 N–H and O–H groups in total. The molecule has 9 aromatic carbocycles. The monoisotopic (exact) mass is 596 g/mol. The van der Waals surface area contributed by atoms with E-state index >= 15 is 0 Å². The van der Waals surface area contributed by atoms with Gasteiger partial charge in [0.15, 0.2) is 0 Å². The molecule has 218 valence electrons. The Morgan fingerprint density at radius 3 is 1.79 bits per heavy atom. The maximum Gasteiger partial charge on any atom is 0.143 e. The molecule has 1 aromatic heterocycles. The van der Waals surface area contributed by atoms with E-state index in [2.05, 4.69) is 170 Å². The zero-order valence-corrected chi connectivity index (χ0v) is 25.6. The second-order valence-corrected chi connectivity index (χ2v) is 12.5. The van der Waals surface area contributed by atoms with Crippen LogP contribution in [0.15, 0.2) is 174 Å². The number of fused-ring (bicyclic) bond motifs is 9. The molecule has 0 radical (unpaired) electrons. The van der Waals surface area contributed by atoms with Crippen LogP contribution in [0.2, 0.25) is 0 Å². The molecule has 0 unspecified atom stereocenters. The summed E-state index contributed by atoms with van der Waals surface area (Å²) >= 11 is 0. The molecule has 47 heavy (non-hydrogen) atoms. The van der Waals surface area contributed by atoms with Gasteiger partial charge in [-0.25, -0.2) is 0 Å². The molecule has 1 nitrogen and oxygen atoms in total. The van der Waals surface area contributed by atoms with E-state index in [0.29, 0.717) is 0 Å². The lowest BCUT2D eigenvalue weighted by Crippen LogP contribution is -1.90. The van der Waals surface area contributed by atoms with Crippen molar-refractivity contribution in [3.63, 3.8) is 0 Å². The van der Waals surface area contributed by atoms with E-state index in [1.54, 1.807) is 0 Å². The first-order valence-electron chi connectivity index (χ1n) is 16.2.